The van der Waals surface area contributed by atoms with E-state index < -0.39 is 26.7 Å². The molecular weight excluding hydrogens is 282 g/mol. The minimum atomic E-state index is -3.79. The van der Waals surface area contributed by atoms with Crippen molar-refractivity contribution in [2.45, 2.75) is 25.5 Å². The number of hydrogen-bond donors (Lipinski definition) is 3. The van der Waals surface area contributed by atoms with Crippen molar-refractivity contribution in [2.24, 2.45) is 5.73 Å². The van der Waals surface area contributed by atoms with Crippen LogP contribution < -0.4 is 15.8 Å². The minimum absolute atomic E-state index is 0.101. The molecule has 0 bridgehead atoms. The summed E-state index contributed by atoms with van der Waals surface area (Å²) in [5, 5.41) is 2.30. The van der Waals surface area contributed by atoms with Gasteiger partial charge in [0.2, 0.25) is 10.0 Å². The third kappa shape index (κ3) is 3.95. The van der Waals surface area contributed by atoms with Crippen molar-refractivity contribution in [2.75, 3.05) is 5.32 Å². The molecule has 0 unspecified atom stereocenters. The lowest BCUT2D eigenvalue weighted by Gasteiger charge is -2.19. The Morgan fingerprint density at radius 1 is 1.20 bits per heavy atom. The van der Waals surface area contributed by atoms with Crippen LogP contribution in [-0.2, 0) is 10.0 Å². The van der Waals surface area contributed by atoms with E-state index in [1.54, 1.807) is 0 Å². The van der Waals surface area contributed by atoms with Gasteiger partial charge < -0.3 is 11.1 Å². The lowest BCUT2D eigenvalue weighted by molar-refractivity contribution is 0.0980. The Hall–Kier alpha value is -2.09. The molecule has 0 spiro atoms. The van der Waals surface area contributed by atoms with E-state index in [9.17, 15) is 18.0 Å². The molecule has 0 fully saturated rings. The third-order valence-electron chi connectivity index (χ3n) is 2.43. The van der Waals surface area contributed by atoms with Crippen LogP contribution in [0.5, 0.6) is 0 Å². The van der Waals surface area contributed by atoms with Crippen molar-refractivity contribution in [1.29, 1.82) is 0 Å². The highest BCUT2D eigenvalue weighted by molar-refractivity contribution is 7.91. The van der Waals surface area contributed by atoms with Crippen molar-refractivity contribution in [3.05, 3.63) is 29.8 Å². The van der Waals surface area contributed by atoms with Gasteiger partial charge in [0.05, 0.1) is 4.75 Å². The monoisotopic (exact) mass is 299 g/mol. The first-order chi connectivity index (χ1) is 9.03. The van der Waals surface area contributed by atoms with E-state index in [0.29, 0.717) is 5.69 Å². The molecule has 0 heterocycles. The fourth-order valence-electron chi connectivity index (χ4n) is 1.21. The van der Waals surface area contributed by atoms with E-state index in [1.807, 2.05) is 4.72 Å². The number of rotatable bonds is 3. The van der Waals surface area contributed by atoms with Crippen LogP contribution in [0.3, 0.4) is 0 Å². The van der Waals surface area contributed by atoms with E-state index in [0.717, 1.165) is 0 Å². The first-order valence-electron chi connectivity index (χ1n) is 5.76. The van der Waals surface area contributed by atoms with Crippen LogP contribution >= 0.6 is 0 Å². The van der Waals surface area contributed by atoms with Crippen LogP contribution in [-0.4, -0.2) is 25.1 Å². The van der Waals surface area contributed by atoms with Gasteiger partial charge in [0.1, 0.15) is 0 Å². The van der Waals surface area contributed by atoms with E-state index in [4.69, 9.17) is 5.73 Å². The largest absolute Gasteiger partial charge is 0.351 e. The summed E-state index contributed by atoms with van der Waals surface area (Å²) >= 11 is 0. The molecule has 110 valence electrons. The van der Waals surface area contributed by atoms with Gasteiger partial charge in [0.15, 0.2) is 0 Å². The number of anilines is 1. The first-order valence-corrected chi connectivity index (χ1v) is 7.24. The van der Waals surface area contributed by atoms with Crippen molar-refractivity contribution in [3.8, 4) is 0 Å². The predicted octanol–water partition coefficient (Wildman–Crippen LogP) is 1.04. The second-order valence-corrected chi connectivity index (χ2v) is 7.55. The zero-order valence-corrected chi connectivity index (χ0v) is 12.2. The van der Waals surface area contributed by atoms with E-state index in [1.165, 1.54) is 45.0 Å². The number of nitrogens with two attached hydrogens (primary N) is 1. The Kier molecular flexibility index (Phi) is 4.39. The van der Waals surface area contributed by atoms with Crippen molar-refractivity contribution in [3.63, 3.8) is 0 Å². The number of amides is 3. The van der Waals surface area contributed by atoms with Crippen LogP contribution in [0.1, 0.15) is 31.1 Å². The SMILES string of the molecule is CC(C)(C)S(=O)(=O)NC(=O)c1cccc(NC(N)=O)c1. The molecule has 3 amide bonds. The van der Waals surface area contributed by atoms with Gasteiger partial charge in [-0.05, 0) is 39.0 Å². The predicted molar refractivity (Wildman–Crippen MR) is 75.8 cm³/mol. The van der Waals surface area contributed by atoms with Gasteiger partial charge in [-0.2, -0.15) is 0 Å². The molecule has 0 aliphatic carbocycles. The van der Waals surface area contributed by atoms with Gasteiger partial charge in [0.25, 0.3) is 5.91 Å². The average molecular weight is 299 g/mol. The van der Waals surface area contributed by atoms with E-state index in [2.05, 4.69) is 5.32 Å². The summed E-state index contributed by atoms with van der Waals surface area (Å²) in [6, 6.07) is 5.02. The highest BCUT2D eigenvalue weighted by Gasteiger charge is 2.30. The Balaban J connectivity index is 2.97. The number of urea groups is 1. The maximum atomic E-state index is 11.9. The van der Waals surface area contributed by atoms with Crippen molar-refractivity contribution >= 4 is 27.6 Å². The first kappa shape index (κ1) is 16.0. The summed E-state index contributed by atoms with van der Waals surface area (Å²) in [6.07, 6.45) is 0. The molecule has 8 heteroatoms. The minimum Gasteiger partial charge on any atom is -0.351 e. The van der Waals surface area contributed by atoms with Gasteiger partial charge in [-0.25, -0.2) is 17.9 Å². The summed E-state index contributed by atoms with van der Waals surface area (Å²) in [6.45, 7) is 4.44. The van der Waals surface area contributed by atoms with Gasteiger partial charge in [-0.3, -0.25) is 4.79 Å². The van der Waals surface area contributed by atoms with E-state index in [-0.39, 0.29) is 5.56 Å². The molecule has 4 N–H and O–H groups in total. The second-order valence-electron chi connectivity index (χ2n) is 5.12. The third-order valence-corrected chi connectivity index (χ3v) is 4.49. The molecule has 0 aliphatic rings. The standard InChI is InChI=1S/C12H17N3O4S/c1-12(2,3)20(18,19)15-10(16)8-5-4-6-9(7-8)14-11(13)17/h4-7H,1-3H3,(H,15,16)(H3,13,14,17). The Morgan fingerprint density at radius 2 is 1.80 bits per heavy atom. The fraction of sp³-hybridized carbons (Fsp3) is 0.333. The summed E-state index contributed by atoms with van der Waals surface area (Å²) < 4.78 is 24.6. The summed E-state index contributed by atoms with van der Waals surface area (Å²) in [5.41, 5.74) is 5.37. The number of carbonyl (C=O) groups is 2. The molecule has 7 nitrogen and oxygen atoms in total. The number of primary amides is 1. The maximum absolute atomic E-state index is 11.9. The Labute approximate surface area is 117 Å². The Bertz CT molecular complexity index is 632. The fourth-order valence-corrected chi connectivity index (χ4v) is 1.88. The van der Waals surface area contributed by atoms with Crippen LogP contribution in [0, 0.1) is 0 Å². The highest BCUT2D eigenvalue weighted by atomic mass is 32.2. The maximum Gasteiger partial charge on any atom is 0.316 e. The summed E-state index contributed by atoms with van der Waals surface area (Å²) in [4.78, 5) is 22.6. The average Bonchev–Trinajstić information content (AvgIpc) is 2.26. The molecule has 0 atom stereocenters. The second kappa shape index (κ2) is 5.49. The van der Waals surface area contributed by atoms with Crippen LogP contribution in [0.4, 0.5) is 10.5 Å². The summed E-state index contributed by atoms with van der Waals surface area (Å²) in [7, 11) is -3.79. The lowest BCUT2D eigenvalue weighted by Crippen LogP contribution is -2.42. The number of nitrogens with one attached hydrogen (secondary N) is 2. The molecule has 0 saturated heterocycles. The van der Waals surface area contributed by atoms with Gasteiger partial charge in [0, 0.05) is 11.3 Å². The van der Waals surface area contributed by atoms with Crippen molar-refractivity contribution < 1.29 is 18.0 Å². The smallest absolute Gasteiger partial charge is 0.316 e. The zero-order valence-electron chi connectivity index (χ0n) is 11.4. The highest BCUT2D eigenvalue weighted by Crippen LogP contribution is 2.15. The van der Waals surface area contributed by atoms with Gasteiger partial charge >= 0.3 is 6.03 Å². The molecule has 0 aliphatic heterocycles. The van der Waals surface area contributed by atoms with Crippen LogP contribution in [0.25, 0.3) is 0 Å². The van der Waals surface area contributed by atoms with Crippen LogP contribution in [0.15, 0.2) is 24.3 Å². The van der Waals surface area contributed by atoms with Crippen LogP contribution in [0.2, 0.25) is 0 Å². The van der Waals surface area contributed by atoms with Crippen molar-refractivity contribution in [1.82, 2.24) is 4.72 Å². The molecule has 1 rings (SSSR count). The van der Waals surface area contributed by atoms with Gasteiger partial charge in [-0.1, -0.05) is 6.07 Å². The molecule has 0 aromatic heterocycles. The zero-order chi connectivity index (χ0) is 15.6. The van der Waals surface area contributed by atoms with E-state index >= 15 is 0 Å². The number of hydrogen-bond acceptors (Lipinski definition) is 4. The Morgan fingerprint density at radius 3 is 2.30 bits per heavy atom. The molecule has 0 saturated carbocycles. The topological polar surface area (TPSA) is 118 Å². The summed E-state index contributed by atoms with van der Waals surface area (Å²) in [5.74, 6) is -0.770. The molecular formula is C12H17N3O4S. The molecule has 1 aromatic rings. The molecule has 20 heavy (non-hydrogen) atoms. The molecule has 0 radical (unpaired) electrons. The quantitative estimate of drug-likeness (QED) is 0.772. The number of carbonyl (C=O) groups excluding carboxylic acids is 2. The number of sulfonamides is 1. The van der Waals surface area contributed by atoms with Gasteiger partial charge in [-0.15, -0.1) is 0 Å². The lowest BCUT2D eigenvalue weighted by atomic mass is 10.2. The molecule has 1 aromatic carbocycles. The number of benzene rings is 1. The normalized spacial score (nSPS) is 11.8.